The highest BCUT2D eigenvalue weighted by Crippen LogP contribution is 2.27. The van der Waals surface area contributed by atoms with Crippen molar-refractivity contribution in [1.82, 2.24) is 5.32 Å². The van der Waals surface area contributed by atoms with Crippen molar-refractivity contribution >= 4 is 51.9 Å². The van der Waals surface area contributed by atoms with E-state index in [9.17, 15) is 4.79 Å². The highest BCUT2D eigenvalue weighted by atomic mass is 35.5. The van der Waals surface area contributed by atoms with E-state index < -0.39 is 0 Å². The van der Waals surface area contributed by atoms with E-state index in [4.69, 9.17) is 33.3 Å². The number of thioether (sulfide) groups is 1. The summed E-state index contributed by atoms with van der Waals surface area (Å²) in [6.07, 6.45) is 1.78. The lowest BCUT2D eigenvalue weighted by Crippen LogP contribution is -2.17. The summed E-state index contributed by atoms with van der Waals surface area (Å²) in [7, 11) is 0. The number of para-hydroxylation sites is 1. The topological polar surface area (TPSA) is 47.6 Å². The van der Waals surface area contributed by atoms with Gasteiger partial charge in [0.2, 0.25) is 0 Å². The molecular weight excluding hydrogens is 378 g/mol. The fraction of sp³-hybridized carbons (Fsp3) is 0.111. The number of benzene rings is 2. The summed E-state index contributed by atoms with van der Waals surface area (Å²) in [6.45, 7) is 0.756. The van der Waals surface area contributed by atoms with Gasteiger partial charge >= 0.3 is 0 Å². The molecule has 1 heterocycles. The standard InChI is InChI=1S/C18H14ClNO3S2/c19-14-6-1-2-7-15(14)23-9-8-22-13-5-3-4-12(10-13)11-16-17(21)20-18(24)25-16/h1-7,10-11H,8-9H2,(H,20,21,24)/b16-11-. The monoisotopic (exact) mass is 391 g/mol. The van der Waals surface area contributed by atoms with Crippen molar-refractivity contribution in [3.63, 3.8) is 0 Å². The number of thiocarbonyl (C=S) groups is 1. The Morgan fingerprint density at radius 2 is 1.92 bits per heavy atom. The molecule has 1 aliphatic heterocycles. The zero-order valence-corrected chi connectivity index (χ0v) is 15.4. The van der Waals surface area contributed by atoms with Crippen molar-refractivity contribution in [3.05, 3.63) is 64.0 Å². The van der Waals surface area contributed by atoms with Crippen LogP contribution < -0.4 is 14.8 Å². The van der Waals surface area contributed by atoms with Crippen molar-refractivity contribution < 1.29 is 14.3 Å². The van der Waals surface area contributed by atoms with E-state index in [1.54, 1.807) is 12.1 Å². The second-order valence-electron chi connectivity index (χ2n) is 5.05. The average molecular weight is 392 g/mol. The molecule has 0 radical (unpaired) electrons. The first kappa shape index (κ1) is 17.8. The smallest absolute Gasteiger partial charge is 0.263 e. The van der Waals surface area contributed by atoms with Crippen LogP contribution in [0.2, 0.25) is 5.02 Å². The zero-order valence-electron chi connectivity index (χ0n) is 13.0. The predicted molar refractivity (Wildman–Crippen MR) is 105 cm³/mol. The van der Waals surface area contributed by atoms with Gasteiger partial charge in [-0.3, -0.25) is 4.79 Å². The Morgan fingerprint density at radius 1 is 1.12 bits per heavy atom. The number of rotatable bonds is 6. The van der Waals surface area contributed by atoms with E-state index in [1.807, 2.05) is 42.5 Å². The third-order valence-electron chi connectivity index (χ3n) is 3.24. The van der Waals surface area contributed by atoms with Crippen LogP contribution in [0, 0.1) is 0 Å². The molecule has 0 saturated carbocycles. The lowest BCUT2D eigenvalue weighted by Gasteiger charge is -2.09. The number of carbonyl (C=O) groups is 1. The van der Waals surface area contributed by atoms with Crippen LogP contribution in [0.15, 0.2) is 53.4 Å². The van der Waals surface area contributed by atoms with Gasteiger partial charge in [-0.15, -0.1) is 0 Å². The van der Waals surface area contributed by atoms with Crippen molar-refractivity contribution in [2.75, 3.05) is 13.2 Å². The van der Waals surface area contributed by atoms with Crippen LogP contribution in [-0.4, -0.2) is 23.4 Å². The maximum atomic E-state index is 11.7. The van der Waals surface area contributed by atoms with E-state index in [2.05, 4.69) is 5.32 Å². The fourth-order valence-corrected chi connectivity index (χ4v) is 3.37. The van der Waals surface area contributed by atoms with Crippen LogP contribution in [-0.2, 0) is 4.79 Å². The first-order chi connectivity index (χ1) is 12.1. The van der Waals surface area contributed by atoms with Crippen molar-refractivity contribution in [2.24, 2.45) is 0 Å². The molecular formula is C18H14ClNO3S2. The summed E-state index contributed by atoms with van der Waals surface area (Å²) in [5, 5.41) is 3.16. The Labute approximate surface area is 160 Å². The zero-order chi connectivity index (χ0) is 17.6. The van der Waals surface area contributed by atoms with Crippen molar-refractivity contribution in [3.8, 4) is 11.5 Å². The fourth-order valence-electron chi connectivity index (χ4n) is 2.14. The number of ether oxygens (including phenoxy) is 2. The average Bonchev–Trinajstić information content (AvgIpc) is 2.91. The van der Waals surface area contributed by atoms with E-state index >= 15 is 0 Å². The maximum Gasteiger partial charge on any atom is 0.263 e. The molecule has 1 saturated heterocycles. The Balaban J connectivity index is 1.55. The van der Waals surface area contributed by atoms with Crippen LogP contribution in [0.5, 0.6) is 11.5 Å². The van der Waals surface area contributed by atoms with Gasteiger partial charge in [-0.2, -0.15) is 0 Å². The highest BCUT2D eigenvalue weighted by molar-refractivity contribution is 8.26. The number of halogens is 1. The SMILES string of the molecule is O=C1NC(=S)S/C1=C\c1cccc(OCCOc2ccccc2Cl)c1. The molecule has 0 unspecified atom stereocenters. The minimum Gasteiger partial charge on any atom is -0.490 e. The van der Waals surface area contributed by atoms with Gasteiger partial charge < -0.3 is 14.8 Å². The Morgan fingerprint density at radius 3 is 2.68 bits per heavy atom. The van der Waals surface area contributed by atoms with Crippen LogP contribution in [0.3, 0.4) is 0 Å². The molecule has 2 aromatic rings. The molecule has 1 aliphatic rings. The molecule has 1 fully saturated rings. The Bertz CT molecular complexity index is 839. The minimum atomic E-state index is -0.172. The molecule has 2 aromatic carbocycles. The first-order valence-electron chi connectivity index (χ1n) is 7.47. The second-order valence-corrected chi connectivity index (χ2v) is 7.18. The van der Waals surface area contributed by atoms with Gasteiger partial charge in [0, 0.05) is 0 Å². The quantitative estimate of drug-likeness (QED) is 0.452. The van der Waals surface area contributed by atoms with Gasteiger partial charge in [0.1, 0.15) is 29.0 Å². The summed E-state index contributed by atoms with van der Waals surface area (Å²) in [6, 6.07) is 14.8. The molecule has 0 aliphatic carbocycles. The number of amides is 1. The lowest BCUT2D eigenvalue weighted by molar-refractivity contribution is -0.115. The predicted octanol–water partition coefficient (Wildman–Crippen LogP) is 4.29. The summed E-state index contributed by atoms with van der Waals surface area (Å²) in [4.78, 5) is 12.3. The van der Waals surface area contributed by atoms with Crippen LogP contribution >= 0.6 is 35.6 Å². The van der Waals surface area contributed by atoms with Gasteiger partial charge in [0.15, 0.2) is 0 Å². The van der Waals surface area contributed by atoms with Gasteiger partial charge in [-0.05, 0) is 35.9 Å². The number of carbonyl (C=O) groups excluding carboxylic acids is 1. The molecule has 3 rings (SSSR count). The van der Waals surface area contributed by atoms with Crippen molar-refractivity contribution in [2.45, 2.75) is 0 Å². The third kappa shape index (κ3) is 4.98. The van der Waals surface area contributed by atoms with E-state index in [-0.39, 0.29) is 5.91 Å². The van der Waals surface area contributed by atoms with Gasteiger partial charge in [-0.25, -0.2) is 0 Å². The number of hydrogen-bond donors (Lipinski definition) is 1. The Hall–Kier alpha value is -2.02. The largest absolute Gasteiger partial charge is 0.490 e. The summed E-state index contributed by atoms with van der Waals surface area (Å²) in [5.74, 6) is 1.16. The third-order valence-corrected chi connectivity index (χ3v) is 4.72. The molecule has 0 bridgehead atoms. The maximum absolute atomic E-state index is 11.7. The summed E-state index contributed by atoms with van der Waals surface area (Å²) >= 11 is 12.3. The first-order valence-corrected chi connectivity index (χ1v) is 9.07. The highest BCUT2D eigenvalue weighted by Gasteiger charge is 2.21. The molecule has 0 aromatic heterocycles. The van der Waals surface area contributed by atoms with Crippen molar-refractivity contribution in [1.29, 1.82) is 0 Å². The molecule has 1 amide bonds. The molecule has 4 nitrogen and oxygen atoms in total. The molecule has 0 atom stereocenters. The van der Waals surface area contributed by atoms with Gasteiger partial charge in [-0.1, -0.05) is 59.8 Å². The van der Waals surface area contributed by atoms with E-state index in [1.165, 1.54) is 11.8 Å². The van der Waals surface area contributed by atoms with Gasteiger partial charge in [0.25, 0.3) is 5.91 Å². The summed E-state index contributed by atoms with van der Waals surface area (Å²) in [5.41, 5.74) is 0.867. The minimum absolute atomic E-state index is 0.172. The van der Waals surface area contributed by atoms with Crippen LogP contribution in [0.4, 0.5) is 0 Å². The number of hydrogen-bond acceptors (Lipinski definition) is 5. The molecule has 1 N–H and O–H groups in total. The molecule has 0 spiro atoms. The lowest BCUT2D eigenvalue weighted by atomic mass is 10.2. The van der Waals surface area contributed by atoms with Gasteiger partial charge in [0.05, 0.1) is 9.93 Å². The van der Waals surface area contributed by atoms with Crippen LogP contribution in [0.1, 0.15) is 5.56 Å². The van der Waals surface area contributed by atoms with Crippen LogP contribution in [0.25, 0.3) is 6.08 Å². The van der Waals surface area contributed by atoms with E-state index in [0.29, 0.717) is 39.0 Å². The Kier molecular flexibility index (Phi) is 5.96. The normalized spacial score (nSPS) is 15.3. The molecule has 25 heavy (non-hydrogen) atoms. The summed E-state index contributed by atoms with van der Waals surface area (Å²) < 4.78 is 11.7. The number of nitrogens with one attached hydrogen (secondary N) is 1. The second kappa shape index (κ2) is 8.38. The molecule has 7 heteroatoms. The molecule has 128 valence electrons. The van der Waals surface area contributed by atoms with E-state index in [0.717, 1.165) is 5.56 Å².